The van der Waals surface area contributed by atoms with Crippen molar-refractivity contribution in [3.63, 3.8) is 0 Å². The van der Waals surface area contributed by atoms with Crippen molar-refractivity contribution in [1.29, 1.82) is 0 Å². The van der Waals surface area contributed by atoms with E-state index < -0.39 is 10.0 Å². The fourth-order valence-corrected chi connectivity index (χ4v) is 4.73. The summed E-state index contributed by atoms with van der Waals surface area (Å²) in [7, 11) is -2.01. The molecule has 1 saturated heterocycles. The molecular weight excluding hydrogens is 340 g/mol. The first-order valence-electron chi connectivity index (χ1n) is 8.43. The van der Waals surface area contributed by atoms with Gasteiger partial charge in [0.05, 0.1) is 12.0 Å². The summed E-state index contributed by atoms with van der Waals surface area (Å²) in [6.45, 7) is 10.9. The Morgan fingerprint density at radius 1 is 1.12 bits per heavy atom. The monoisotopic (exact) mass is 368 g/mol. The van der Waals surface area contributed by atoms with Gasteiger partial charge in [0.1, 0.15) is 5.75 Å². The number of hydrogen-bond donors (Lipinski definition) is 0. The normalized spacial score (nSPS) is 16.8. The Kier molecular flexibility index (Phi) is 5.49. The number of piperazine rings is 1. The van der Waals surface area contributed by atoms with E-state index in [1.54, 1.807) is 31.1 Å². The second kappa shape index (κ2) is 6.96. The number of aryl methyl sites for hydroxylation is 1. The van der Waals surface area contributed by atoms with E-state index in [1.165, 1.54) is 11.2 Å². The van der Waals surface area contributed by atoms with Crippen LogP contribution in [0, 0.1) is 6.92 Å². The molecular formula is C18H28N2O4S. The smallest absolute Gasteiger partial charge is 0.243 e. The zero-order valence-electron chi connectivity index (χ0n) is 15.9. The lowest BCUT2D eigenvalue weighted by molar-refractivity contribution is -0.129. The van der Waals surface area contributed by atoms with Crippen LogP contribution < -0.4 is 4.74 Å². The van der Waals surface area contributed by atoms with Crippen LogP contribution in [0.2, 0.25) is 0 Å². The molecule has 1 aromatic rings. The molecule has 1 aromatic carbocycles. The van der Waals surface area contributed by atoms with Crippen molar-refractivity contribution in [1.82, 2.24) is 9.21 Å². The number of benzene rings is 1. The van der Waals surface area contributed by atoms with Gasteiger partial charge in [-0.1, -0.05) is 20.8 Å². The number of sulfonamides is 1. The highest BCUT2D eigenvalue weighted by atomic mass is 32.2. The zero-order valence-corrected chi connectivity index (χ0v) is 16.7. The highest BCUT2D eigenvalue weighted by Gasteiger charge is 2.32. The van der Waals surface area contributed by atoms with E-state index >= 15 is 0 Å². The minimum absolute atomic E-state index is 0.0207. The summed E-state index contributed by atoms with van der Waals surface area (Å²) in [5.41, 5.74) is 1.29. The second-order valence-corrected chi connectivity index (χ2v) is 9.38. The summed E-state index contributed by atoms with van der Waals surface area (Å²) in [6, 6.07) is 3.53. The molecule has 0 spiro atoms. The van der Waals surface area contributed by atoms with E-state index in [1.807, 2.05) is 20.8 Å². The maximum Gasteiger partial charge on any atom is 0.243 e. The van der Waals surface area contributed by atoms with Gasteiger partial charge < -0.3 is 9.64 Å². The zero-order chi connectivity index (χ0) is 19.0. The van der Waals surface area contributed by atoms with Crippen LogP contribution in [-0.4, -0.2) is 56.8 Å². The van der Waals surface area contributed by atoms with E-state index in [9.17, 15) is 13.2 Å². The molecule has 140 valence electrons. The van der Waals surface area contributed by atoms with Crippen LogP contribution in [0.1, 0.15) is 38.8 Å². The molecule has 0 aromatic heterocycles. The standard InChI is InChI=1S/C18H28N2O4S/c1-13-11-16(24-6)15(18(3,4)5)12-17(13)25(22,23)20-9-7-19(8-10-20)14(2)21/h11-12H,7-10H2,1-6H3. The third-order valence-corrected chi connectivity index (χ3v) is 6.65. The van der Waals surface area contributed by atoms with Gasteiger partial charge in [0.25, 0.3) is 0 Å². The molecule has 0 saturated carbocycles. The average molecular weight is 368 g/mol. The third kappa shape index (κ3) is 3.98. The Bertz CT molecular complexity index is 758. The number of carbonyl (C=O) groups is 1. The fraction of sp³-hybridized carbons (Fsp3) is 0.611. The first-order chi connectivity index (χ1) is 11.5. The molecule has 0 unspecified atom stereocenters. The molecule has 2 rings (SSSR count). The Morgan fingerprint density at radius 3 is 2.12 bits per heavy atom. The van der Waals surface area contributed by atoms with Gasteiger partial charge in [-0.15, -0.1) is 0 Å². The number of amides is 1. The Labute approximate surface area is 150 Å². The van der Waals surface area contributed by atoms with Crippen molar-refractivity contribution in [3.8, 4) is 5.75 Å². The Hall–Kier alpha value is -1.60. The summed E-state index contributed by atoms with van der Waals surface area (Å²) in [4.78, 5) is 13.4. The van der Waals surface area contributed by atoms with Gasteiger partial charge in [-0.3, -0.25) is 4.79 Å². The van der Waals surface area contributed by atoms with Crippen LogP contribution in [0.25, 0.3) is 0 Å². The van der Waals surface area contributed by atoms with Crippen molar-refractivity contribution in [3.05, 3.63) is 23.3 Å². The van der Waals surface area contributed by atoms with Crippen LogP contribution in [0.3, 0.4) is 0 Å². The summed E-state index contributed by atoms with van der Waals surface area (Å²) >= 11 is 0. The van der Waals surface area contributed by atoms with E-state index in [0.29, 0.717) is 42.4 Å². The van der Waals surface area contributed by atoms with Crippen molar-refractivity contribution < 1.29 is 17.9 Å². The predicted molar refractivity (Wildman–Crippen MR) is 97.4 cm³/mol. The summed E-state index contributed by atoms with van der Waals surface area (Å²) in [6.07, 6.45) is 0. The van der Waals surface area contributed by atoms with Crippen LogP contribution >= 0.6 is 0 Å². The number of hydrogen-bond acceptors (Lipinski definition) is 4. The number of nitrogens with zero attached hydrogens (tertiary/aromatic N) is 2. The molecule has 0 bridgehead atoms. The number of rotatable bonds is 3. The summed E-state index contributed by atoms with van der Waals surface area (Å²) in [5, 5.41) is 0. The molecule has 7 heteroatoms. The van der Waals surface area contributed by atoms with Gasteiger partial charge in [0, 0.05) is 38.7 Å². The van der Waals surface area contributed by atoms with Crippen molar-refractivity contribution in [2.45, 2.75) is 44.9 Å². The molecule has 1 amide bonds. The number of methoxy groups -OCH3 is 1. The van der Waals surface area contributed by atoms with Gasteiger partial charge in [-0.25, -0.2) is 8.42 Å². The van der Waals surface area contributed by atoms with Crippen LogP contribution in [0.15, 0.2) is 17.0 Å². The van der Waals surface area contributed by atoms with E-state index in [0.717, 1.165) is 5.56 Å². The van der Waals surface area contributed by atoms with Crippen molar-refractivity contribution in [2.75, 3.05) is 33.3 Å². The van der Waals surface area contributed by atoms with Crippen molar-refractivity contribution in [2.24, 2.45) is 0 Å². The quantitative estimate of drug-likeness (QED) is 0.820. The van der Waals surface area contributed by atoms with E-state index in [4.69, 9.17) is 4.74 Å². The van der Waals surface area contributed by atoms with Gasteiger partial charge in [-0.2, -0.15) is 4.31 Å². The number of carbonyl (C=O) groups excluding carboxylic acids is 1. The van der Waals surface area contributed by atoms with E-state index in [2.05, 4.69) is 0 Å². The molecule has 1 aliphatic heterocycles. The first kappa shape index (κ1) is 19.7. The molecule has 0 N–H and O–H groups in total. The topological polar surface area (TPSA) is 66.9 Å². The maximum absolute atomic E-state index is 13.1. The first-order valence-corrected chi connectivity index (χ1v) is 9.87. The maximum atomic E-state index is 13.1. The average Bonchev–Trinajstić information content (AvgIpc) is 2.53. The molecule has 25 heavy (non-hydrogen) atoms. The Morgan fingerprint density at radius 2 is 1.68 bits per heavy atom. The predicted octanol–water partition coefficient (Wildman–Crippen LogP) is 2.15. The highest BCUT2D eigenvalue weighted by Crippen LogP contribution is 2.36. The summed E-state index contributed by atoms with van der Waals surface area (Å²) < 4.78 is 33.2. The summed E-state index contributed by atoms with van der Waals surface area (Å²) in [5.74, 6) is 0.679. The third-order valence-electron chi connectivity index (χ3n) is 4.61. The SMILES string of the molecule is COc1cc(C)c(S(=O)(=O)N2CCN(C(C)=O)CC2)cc1C(C)(C)C. The molecule has 0 atom stereocenters. The molecule has 1 aliphatic rings. The Balaban J connectivity index is 2.42. The van der Waals surface area contributed by atoms with Gasteiger partial charge in [-0.05, 0) is 30.0 Å². The fourth-order valence-electron chi connectivity index (χ4n) is 3.08. The van der Waals surface area contributed by atoms with E-state index in [-0.39, 0.29) is 11.3 Å². The molecule has 1 heterocycles. The number of ether oxygens (including phenoxy) is 1. The van der Waals surface area contributed by atoms with Crippen LogP contribution in [0.5, 0.6) is 5.75 Å². The molecule has 1 fully saturated rings. The lowest BCUT2D eigenvalue weighted by Gasteiger charge is -2.34. The lowest BCUT2D eigenvalue weighted by Crippen LogP contribution is -2.50. The van der Waals surface area contributed by atoms with Crippen LogP contribution in [0.4, 0.5) is 0 Å². The molecule has 0 radical (unpaired) electrons. The van der Waals surface area contributed by atoms with Gasteiger partial charge in [0.15, 0.2) is 0 Å². The second-order valence-electron chi connectivity index (χ2n) is 7.48. The lowest BCUT2D eigenvalue weighted by atomic mass is 9.86. The minimum atomic E-state index is -3.61. The molecule has 0 aliphatic carbocycles. The van der Waals surface area contributed by atoms with Crippen LogP contribution in [-0.2, 0) is 20.2 Å². The largest absolute Gasteiger partial charge is 0.496 e. The van der Waals surface area contributed by atoms with Gasteiger partial charge in [0.2, 0.25) is 15.9 Å². The minimum Gasteiger partial charge on any atom is -0.496 e. The van der Waals surface area contributed by atoms with Gasteiger partial charge >= 0.3 is 0 Å². The highest BCUT2D eigenvalue weighted by molar-refractivity contribution is 7.89. The van der Waals surface area contributed by atoms with Crippen molar-refractivity contribution >= 4 is 15.9 Å². The molecule has 6 nitrogen and oxygen atoms in total.